The first-order chi connectivity index (χ1) is 18.3. The number of hydrogen-bond acceptors (Lipinski definition) is 11. The molecule has 12 nitrogen and oxygen atoms in total. The topological polar surface area (TPSA) is 158 Å². The van der Waals surface area contributed by atoms with Crippen LogP contribution in [0, 0.1) is 12.3 Å². The molecule has 17 heteroatoms. The largest absolute Gasteiger partial charge is 0.462 e. The molecule has 1 aliphatic rings. The number of carbonyl (C=O) groups is 2. The van der Waals surface area contributed by atoms with Crippen LogP contribution in [0.4, 0.5) is 0 Å². The van der Waals surface area contributed by atoms with Crippen molar-refractivity contribution >= 4 is 64.5 Å². The summed E-state index contributed by atoms with van der Waals surface area (Å²) in [6.07, 6.45) is -3.26. The second-order valence-electron chi connectivity index (χ2n) is 10.5. The molecule has 5 atom stereocenters. The number of halogens is 2. The summed E-state index contributed by atoms with van der Waals surface area (Å²) in [5.74, 6) is -0.310. The average molecular weight is 665 g/mol. The molecule has 0 bridgehead atoms. The van der Waals surface area contributed by atoms with E-state index in [1.165, 1.54) is 20.0 Å². The zero-order valence-electron chi connectivity index (χ0n) is 23.3. The van der Waals surface area contributed by atoms with E-state index in [-0.39, 0.29) is 35.7 Å². The van der Waals surface area contributed by atoms with Gasteiger partial charge in [0.1, 0.15) is 18.2 Å². The van der Waals surface area contributed by atoms with Crippen LogP contribution in [0.25, 0.3) is 0 Å². The van der Waals surface area contributed by atoms with Gasteiger partial charge in [0.25, 0.3) is 12.2 Å². The number of carbonyl (C=O) groups excluding carboxylic acids is 2. The second kappa shape index (κ2) is 14.1. The lowest BCUT2D eigenvalue weighted by molar-refractivity contribution is -0.149. The molecule has 0 spiro atoms. The standard InChI is InChI=1S/C23H36Cl2N3O9PS2/c1-12(2)36-18(31)14(4)27-38(39,34-8-9-40-20(32)22(5,6)7)35-11-15-16(29)23(24,25)19(37-15)28-10-13(3)17(30)26-21(28)33/h10,12,14-16,19,29H,8-9,11H2,1-7H3,(H,27,39)(H,26,30,33). The van der Waals surface area contributed by atoms with Crippen molar-refractivity contribution in [3.8, 4) is 0 Å². The number of thioether (sulfide) groups is 1. The van der Waals surface area contributed by atoms with Gasteiger partial charge in [0.05, 0.1) is 19.3 Å². The smallest absolute Gasteiger partial charge is 0.330 e. The molecule has 40 heavy (non-hydrogen) atoms. The number of alkyl halides is 2. The van der Waals surface area contributed by atoms with Crippen LogP contribution in [0.2, 0.25) is 0 Å². The van der Waals surface area contributed by atoms with Gasteiger partial charge >= 0.3 is 11.7 Å². The van der Waals surface area contributed by atoms with Gasteiger partial charge in [0, 0.05) is 22.9 Å². The molecular weight excluding hydrogens is 628 g/mol. The third kappa shape index (κ3) is 9.35. The maximum absolute atomic E-state index is 12.4. The first-order valence-corrected chi connectivity index (χ1v) is 16.7. The van der Waals surface area contributed by atoms with Crippen LogP contribution in [0.1, 0.15) is 53.3 Å². The van der Waals surface area contributed by atoms with Crippen molar-refractivity contribution in [3.05, 3.63) is 32.6 Å². The van der Waals surface area contributed by atoms with Gasteiger partial charge in [-0.3, -0.25) is 23.9 Å². The van der Waals surface area contributed by atoms with E-state index in [1.807, 2.05) is 0 Å². The quantitative estimate of drug-likeness (QED) is 0.130. The highest BCUT2D eigenvalue weighted by atomic mass is 35.5. The summed E-state index contributed by atoms with van der Waals surface area (Å²) in [5, 5.41) is 13.7. The van der Waals surface area contributed by atoms with E-state index in [9.17, 15) is 24.3 Å². The molecule has 0 amide bonds. The van der Waals surface area contributed by atoms with Crippen LogP contribution in [-0.2, 0) is 39.9 Å². The van der Waals surface area contributed by atoms with Crippen LogP contribution >= 0.6 is 41.6 Å². The molecule has 1 saturated heterocycles. The third-order valence-corrected chi connectivity index (χ3v) is 10.2. The number of H-pyrrole nitrogens is 1. The number of aromatic amines is 1. The fourth-order valence-corrected chi connectivity index (χ4v) is 7.14. The lowest BCUT2D eigenvalue weighted by atomic mass is 10.00. The van der Waals surface area contributed by atoms with Crippen LogP contribution in [0.15, 0.2) is 15.8 Å². The fourth-order valence-electron chi connectivity index (χ4n) is 3.28. The van der Waals surface area contributed by atoms with Crippen LogP contribution in [-0.4, -0.2) is 73.4 Å². The van der Waals surface area contributed by atoms with E-state index >= 15 is 0 Å². The Morgan fingerprint density at radius 1 is 1.30 bits per heavy atom. The number of aliphatic hydroxyl groups excluding tert-OH is 1. The Kier molecular flexibility index (Phi) is 12.5. The Morgan fingerprint density at radius 3 is 2.50 bits per heavy atom. The van der Waals surface area contributed by atoms with E-state index < -0.39 is 58.1 Å². The molecule has 0 aliphatic carbocycles. The molecule has 2 heterocycles. The Bertz CT molecular complexity index is 1240. The number of ether oxygens (including phenoxy) is 2. The Hall–Kier alpha value is -0.800. The number of nitrogens with one attached hydrogen (secondary N) is 2. The van der Waals surface area contributed by atoms with Crippen LogP contribution in [0.5, 0.6) is 0 Å². The van der Waals surface area contributed by atoms with Crippen molar-refractivity contribution < 1.29 is 33.2 Å². The highest BCUT2D eigenvalue weighted by Crippen LogP contribution is 2.49. The van der Waals surface area contributed by atoms with Gasteiger partial charge in [-0.2, -0.15) is 0 Å². The predicted octanol–water partition coefficient (Wildman–Crippen LogP) is 2.77. The molecule has 3 N–H and O–H groups in total. The Balaban J connectivity index is 2.19. The minimum absolute atomic E-state index is 0.0143. The number of esters is 1. The summed E-state index contributed by atoms with van der Waals surface area (Å²) in [7, 11) is 0. The van der Waals surface area contributed by atoms with E-state index in [0.29, 0.717) is 0 Å². The molecule has 1 aromatic heterocycles. The normalized spacial score (nSPS) is 23.1. The molecule has 1 fully saturated rings. The second-order valence-corrected chi connectivity index (χ2v) is 16.2. The maximum Gasteiger partial charge on any atom is 0.330 e. The number of aliphatic hydroxyl groups is 1. The SMILES string of the molecule is Cc1cn(C2OC(COP(=S)(NC(C)C(=O)OC(C)C)OCCSC(=O)C(C)(C)C)C(O)C2(Cl)Cl)c(=O)[nH]c1=O. The number of rotatable bonds is 12. The van der Waals surface area contributed by atoms with Gasteiger partial charge in [0.15, 0.2) is 15.7 Å². The number of aryl methyl sites for hydroxylation is 1. The zero-order valence-corrected chi connectivity index (χ0v) is 27.3. The molecule has 1 aliphatic heterocycles. The summed E-state index contributed by atoms with van der Waals surface area (Å²) in [6, 6.07) is -0.915. The number of aromatic nitrogens is 2. The summed E-state index contributed by atoms with van der Waals surface area (Å²) in [6.45, 7) is 7.99. The van der Waals surface area contributed by atoms with Crippen molar-refractivity contribution in [2.75, 3.05) is 19.0 Å². The van der Waals surface area contributed by atoms with Crippen molar-refractivity contribution in [2.45, 2.75) is 83.4 Å². The lowest BCUT2D eigenvalue weighted by Gasteiger charge is -2.28. The molecular formula is C23H36Cl2N3O9PS2. The predicted molar refractivity (Wildman–Crippen MR) is 157 cm³/mol. The number of hydrogen-bond donors (Lipinski definition) is 3. The minimum Gasteiger partial charge on any atom is -0.462 e. The van der Waals surface area contributed by atoms with Gasteiger partial charge < -0.3 is 23.6 Å². The van der Waals surface area contributed by atoms with Gasteiger partial charge in [-0.1, -0.05) is 55.7 Å². The molecule has 5 unspecified atom stereocenters. The van der Waals surface area contributed by atoms with Crippen LogP contribution in [0.3, 0.4) is 0 Å². The summed E-state index contributed by atoms with van der Waals surface area (Å²) >= 11 is 19.5. The van der Waals surface area contributed by atoms with Gasteiger partial charge in [-0.15, -0.1) is 0 Å². The van der Waals surface area contributed by atoms with E-state index in [2.05, 4.69) is 10.1 Å². The van der Waals surface area contributed by atoms with E-state index in [0.717, 1.165) is 16.3 Å². The first kappa shape index (κ1) is 35.4. The molecule has 228 valence electrons. The van der Waals surface area contributed by atoms with Crippen molar-refractivity contribution in [1.29, 1.82) is 0 Å². The first-order valence-electron chi connectivity index (χ1n) is 12.4. The van der Waals surface area contributed by atoms with Crippen LogP contribution < -0.4 is 16.3 Å². The summed E-state index contributed by atoms with van der Waals surface area (Å²) < 4.78 is 21.7. The van der Waals surface area contributed by atoms with E-state index in [4.69, 9.17) is 53.5 Å². The average Bonchev–Trinajstić information content (AvgIpc) is 3.05. The fraction of sp³-hybridized carbons (Fsp3) is 0.739. The number of nitrogens with zero attached hydrogens (tertiary/aromatic N) is 1. The van der Waals surface area contributed by atoms with Crippen molar-refractivity contribution in [3.63, 3.8) is 0 Å². The summed E-state index contributed by atoms with van der Waals surface area (Å²) in [4.78, 5) is 51.0. The highest BCUT2D eigenvalue weighted by molar-refractivity contribution is 8.13. The molecule has 0 aromatic carbocycles. The van der Waals surface area contributed by atoms with Crippen molar-refractivity contribution in [1.82, 2.24) is 14.6 Å². The zero-order chi connectivity index (χ0) is 30.6. The Morgan fingerprint density at radius 2 is 1.93 bits per heavy atom. The highest BCUT2D eigenvalue weighted by Gasteiger charge is 2.56. The molecule has 2 rings (SSSR count). The lowest BCUT2D eigenvalue weighted by Crippen LogP contribution is -2.42. The van der Waals surface area contributed by atoms with Gasteiger partial charge in [0.2, 0.25) is 0 Å². The maximum atomic E-state index is 12.4. The van der Waals surface area contributed by atoms with Gasteiger partial charge in [-0.05, 0) is 39.5 Å². The van der Waals surface area contributed by atoms with Gasteiger partial charge in [-0.25, -0.2) is 9.88 Å². The molecule has 1 aromatic rings. The van der Waals surface area contributed by atoms with E-state index in [1.54, 1.807) is 34.6 Å². The minimum atomic E-state index is -3.45. The molecule has 0 radical (unpaired) electrons. The third-order valence-electron chi connectivity index (χ3n) is 5.43. The summed E-state index contributed by atoms with van der Waals surface area (Å²) in [5.41, 5.74) is -1.77. The van der Waals surface area contributed by atoms with Crippen molar-refractivity contribution in [2.24, 2.45) is 5.41 Å². The Labute approximate surface area is 252 Å². The molecule has 0 saturated carbocycles. The monoisotopic (exact) mass is 663 g/mol.